The lowest BCUT2D eigenvalue weighted by Crippen LogP contribution is -2.32. The summed E-state index contributed by atoms with van der Waals surface area (Å²) in [5.41, 5.74) is 3.67. The molecule has 0 radical (unpaired) electrons. The monoisotopic (exact) mass is 377 g/mol. The molecule has 6 heteroatoms. The predicted molar refractivity (Wildman–Crippen MR) is 107 cm³/mol. The van der Waals surface area contributed by atoms with Crippen LogP contribution in [0.5, 0.6) is 11.6 Å². The fraction of sp³-hybridized carbons (Fsp3) is 0.318. The van der Waals surface area contributed by atoms with Crippen molar-refractivity contribution >= 4 is 16.9 Å². The number of hydrogen-bond acceptors (Lipinski definition) is 5. The number of fused-ring (bicyclic) bond motifs is 1. The largest absolute Gasteiger partial charge is 0.496 e. The van der Waals surface area contributed by atoms with Gasteiger partial charge in [-0.2, -0.15) is 0 Å². The summed E-state index contributed by atoms with van der Waals surface area (Å²) in [4.78, 5) is 23.4. The fourth-order valence-corrected chi connectivity index (χ4v) is 3.56. The Morgan fingerprint density at radius 1 is 1.21 bits per heavy atom. The van der Waals surface area contributed by atoms with Crippen LogP contribution in [0, 0.1) is 6.92 Å². The van der Waals surface area contributed by atoms with Gasteiger partial charge >= 0.3 is 0 Å². The normalized spacial score (nSPS) is 16.4. The second kappa shape index (κ2) is 7.84. The van der Waals surface area contributed by atoms with E-state index in [1.807, 2.05) is 54.3 Å². The van der Waals surface area contributed by atoms with E-state index in [9.17, 15) is 4.79 Å². The van der Waals surface area contributed by atoms with Crippen LogP contribution in [0.2, 0.25) is 0 Å². The minimum atomic E-state index is -0.0583. The molecule has 0 saturated carbocycles. The van der Waals surface area contributed by atoms with Gasteiger partial charge in [-0.1, -0.05) is 24.3 Å². The molecule has 0 N–H and O–H groups in total. The second-order valence-corrected chi connectivity index (χ2v) is 7.05. The van der Waals surface area contributed by atoms with E-state index in [1.54, 1.807) is 13.3 Å². The molecule has 1 fully saturated rings. The smallest absolute Gasteiger partial charge is 0.233 e. The number of carbonyl (C=O) groups excluding carboxylic acids is 1. The van der Waals surface area contributed by atoms with Gasteiger partial charge in [-0.3, -0.25) is 4.79 Å². The van der Waals surface area contributed by atoms with E-state index in [0.29, 0.717) is 25.4 Å². The summed E-state index contributed by atoms with van der Waals surface area (Å²) >= 11 is 0. The number of carbonyl (C=O) groups is 1. The van der Waals surface area contributed by atoms with Gasteiger partial charge in [0.25, 0.3) is 0 Å². The number of ether oxygens (including phenoxy) is 2. The predicted octanol–water partition coefficient (Wildman–Crippen LogP) is 3.17. The summed E-state index contributed by atoms with van der Waals surface area (Å²) in [5, 5.41) is 0. The zero-order chi connectivity index (χ0) is 19.5. The molecule has 6 nitrogen and oxygen atoms in total. The highest BCUT2D eigenvalue weighted by molar-refractivity contribution is 5.79. The summed E-state index contributed by atoms with van der Waals surface area (Å²) in [5.74, 6) is 1.45. The number of methoxy groups -OCH3 is 1. The lowest BCUT2D eigenvalue weighted by atomic mass is 10.1. The molecule has 2 heterocycles. The number of aromatic nitrogens is 2. The summed E-state index contributed by atoms with van der Waals surface area (Å²) in [6.07, 6.45) is 2.76. The molecule has 1 saturated heterocycles. The van der Waals surface area contributed by atoms with Gasteiger partial charge in [0.15, 0.2) is 0 Å². The van der Waals surface area contributed by atoms with Crippen molar-refractivity contribution in [2.75, 3.05) is 20.2 Å². The van der Waals surface area contributed by atoms with Gasteiger partial charge in [-0.25, -0.2) is 9.97 Å². The number of rotatable bonds is 5. The zero-order valence-corrected chi connectivity index (χ0v) is 16.1. The average molecular weight is 377 g/mol. The van der Waals surface area contributed by atoms with Crippen molar-refractivity contribution in [2.45, 2.75) is 25.9 Å². The zero-order valence-electron chi connectivity index (χ0n) is 16.1. The van der Waals surface area contributed by atoms with Crippen LogP contribution in [0.3, 0.4) is 0 Å². The molecule has 0 bridgehead atoms. The fourth-order valence-electron chi connectivity index (χ4n) is 3.56. The van der Waals surface area contributed by atoms with Crippen LogP contribution >= 0.6 is 0 Å². The standard InChI is InChI=1S/C22H23N3O3/c1-15-11-16(7-8-20(15)27-2)12-22(26)25-10-9-17(14-25)28-21-13-23-18-5-3-4-6-19(18)24-21/h3-8,11,13,17H,9-10,12,14H2,1-2H3. The minimum absolute atomic E-state index is 0.0583. The highest BCUT2D eigenvalue weighted by atomic mass is 16.5. The Kier molecular flexibility index (Phi) is 5.10. The van der Waals surface area contributed by atoms with Crippen LogP contribution in [-0.4, -0.2) is 47.1 Å². The van der Waals surface area contributed by atoms with E-state index in [2.05, 4.69) is 9.97 Å². The third kappa shape index (κ3) is 3.91. The molecule has 2 aromatic carbocycles. The van der Waals surface area contributed by atoms with Crippen LogP contribution in [0.15, 0.2) is 48.7 Å². The van der Waals surface area contributed by atoms with Gasteiger partial charge in [0.05, 0.1) is 37.3 Å². The minimum Gasteiger partial charge on any atom is -0.496 e. The Morgan fingerprint density at radius 3 is 2.82 bits per heavy atom. The van der Waals surface area contributed by atoms with Crippen LogP contribution in [0.4, 0.5) is 0 Å². The molecule has 1 unspecified atom stereocenters. The maximum Gasteiger partial charge on any atom is 0.233 e. The van der Waals surface area contributed by atoms with Crippen LogP contribution in [0.1, 0.15) is 17.5 Å². The van der Waals surface area contributed by atoms with E-state index < -0.39 is 0 Å². The molecular formula is C22H23N3O3. The van der Waals surface area contributed by atoms with Crippen molar-refractivity contribution < 1.29 is 14.3 Å². The van der Waals surface area contributed by atoms with E-state index in [-0.39, 0.29) is 12.0 Å². The van der Waals surface area contributed by atoms with Crippen molar-refractivity contribution in [3.05, 3.63) is 59.8 Å². The maximum absolute atomic E-state index is 12.7. The first-order valence-corrected chi connectivity index (χ1v) is 9.42. The molecule has 1 aliphatic heterocycles. The SMILES string of the molecule is COc1ccc(CC(=O)N2CCC(Oc3cnc4ccccc4n3)C2)cc1C. The highest BCUT2D eigenvalue weighted by Crippen LogP contribution is 2.21. The Balaban J connectivity index is 1.36. The van der Waals surface area contributed by atoms with Gasteiger partial charge in [0.1, 0.15) is 11.9 Å². The number of benzene rings is 2. The lowest BCUT2D eigenvalue weighted by Gasteiger charge is -2.17. The molecule has 0 spiro atoms. The number of likely N-dealkylation sites (tertiary alicyclic amines) is 1. The summed E-state index contributed by atoms with van der Waals surface area (Å²) in [7, 11) is 1.65. The summed E-state index contributed by atoms with van der Waals surface area (Å²) < 4.78 is 11.3. The van der Waals surface area contributed by atoms with Gasteiger partial charge in [0.2, 0.25) is 11.8 Å². The van der Waals surface area contributed by atoms with E-state index >= 15 is 0 Å². The molecule has 1 amide bonds. The number of aryl methyl sites for hydroxylation is 1. The molecule has 1 aromatic heterocycles. The van der Waals surface area contributed by atoms with Crippen LogP contribution in [-0.2, 0) is 11.2 Å². The quantitative estimate of drug-likeness (QED) is 0.683. The highest BCUT2D eigenvalue weighted by Gasteiger charge is 2.28. The van der Waals surface area contributed by atoms with Crippen molar-refractivity contribution in [1.29, 1.82) is 0 Å². The summed E-state index contributed by atoms with van der Waals surface area (Å²) in [6.45, 7) is 3.25. The third-order valence-electron chi connectivity index (χ3n) is 5.03. The first-order valence-electron chi connectivity index (χ1n) is 9.42. The van der Waals surface area contributed by atoms with E-state index in [4.69, 9.17) is 9.47 Å². The van der Waals surface area contributed by atoms with E-state index in [1.165, 1.54) is 0 Å². The summed E-state index contributed by atoms with van der Waals surface area (Å²) in [6, 6.07) is 13.6. The molecule has 0 aliphatic carbocycles. The van der Waals surface area contributed by atoms with Crippen molar-refractivity contribution in [3.8, 4) is 11.6 Å². The number of nitrogens with zero attached hydrogens (tertiary/aromatic N) is 3. The number of para-hydroxylation sites is 2. The topological polar surface area (TPSA) is 64.5 Å². The van der Waals surface area contributed by atoms with Gasteiger partial charge in [-0.15, -0.1) is 0 Å². The first-order chi connectivity index (χ1) is 13.6. The van der Waals surface area contributed by atoms with Gasteiger partial charge in [0, 0.05) is 13.0 Å². The van der Waals surface area contributed by atoms with Crippen LogP contribution in [0.25, 0.3) is 11.0 Å². The number of hydrogen-bond donors (Lipinski definition) is 0. The third-order valence-corrected chi connectivity index (χ3v) is 5.03. The molecular weight excluding hydrogens is 354 g/mol. The van der Waals surface area contributed by atoms with Crippen molar-refractivity contribution in [1.82, 2.24) is 14.9 Å². The van der Waals surface area contributed by atoms with Gasteiger partial charge in [-0.05, 0) is 36.2 Å². The number of amides is 1. The Hall–Kier alpha value is -3.15. The molecule has 28 heavy (non-hydrogen) atoms. The van der Waals surface area contributed by atoms with Crippen molar-refractivity contribution in [3.63, 3.8) is 0 Å². The van der Waals surface area contributed by atoms with Crippen molar-refractivity contribution in [2.24, 2.45) is 0 Å². The Morgan fingerprint density at radius 2 is 2.04 bits per heavy atom. The van der Waals surface area contributed by atoms with E-state index in [0.717, 1.165) is 34.3 Å². The molecule has 144 valence electrons. The Bertz CT molecular complexity index is 1010. The molecule has 4 rings (SSSR count). The Labute approximate surface area is 164 Å². The molecule has 1 atom stereocenters. The molecule has 1 aliphatic rings. The van der Waals surface area contributed by atoms with Crippen LogP contribution < -0.4 is 9.47 Å². The molecule has 3 aromatic rings. The first kappa shape index (κ1) is 18.2. The average Bonchev–Trinajstić information content (AvgIpc) is 3.17. The van der Waals surface area contributed by atoms with Gasteiger partial charge < -0.3 is 14.4 Å². The second-order valence-electron chi connectivity index (χ2n) is 7.05. The maximum atomic E-state index is 12.7. The lowest BCUT2D eigenvalue weighted by molar-refractivity contribution is -0.129.